The third-order valence-electron chi connectivity index (χ3n) is 4.87. The van der Waals surface area contributed by atoms with Crippen LogP contribution in [0.25, 0.3) is 0 Å². The van der Waals surface area contributed by atoms with E-state index in [2.05, 4.69) is 22.0 Å². The summed E-state index contributed by atoms with van der Waals surface area (Å²) in [5, 5.41) is 10.7. The van der Waals surface area contributed by atoms with Gasteiger partial charge in [-0.05, 0) is 61.2 Å². The molecule has 3 rings (SSSR count). The molecule has 1 aromatic carbocycles. The minimum atomic E-state index is -0.265. The first-order chi connectivity index (χ1) is 10.2. The van der Waals surface area contributed by atoms with Crippen molar-refractivity contribution in [2.75, 3.05) is 18.1 Å². The molecule has 2 atom stereocenters. The number of rotatable bonds is 3. The van der Waals surface area contributed by atoms with Crippen molar-refractivity contribution in [3.63, 3.8) is 0 Å². The van der Waals surface area contributed by atoms with Crippen molar-refractivity contribution in [1.29, 1.82) is 0 Å². The van der Waals surface area contributed by atoms with E-state index in [-0.39, 0.29) is 11.7 Å². The molecule has 2 heterocycles. The zero-order valence-electron chi connectivity index (χ0n) is 12.3. The van der Waals surface area contributed by atoms with Gasteiger partial charge in [0.15, 0.2) is 0 Å². The lowest BCUT2D eigenvalue weighted by atomic mass is 9.78. The van der Waals surface area contributed by atoms with E-state index in [4.69, 9.17) is 4.74 Å². The molecule has 0 aromatic heterocycles. The molecule has 4 heteroatoms. The average molecular weight is 371 g/mol. The topological polar surface area (TPSA) is 29.5 Å². The molecule has 1 aromatic rings. The Kier molecular flexibility index (Phi) is 5.31. The van der Waals surface area contributed by atoms with E-state index in [0.717, 1.165) is 43.2 Å². The quantitative estimate of drug-likeness (QED) is 0.870. The van der Waals surface area contributed by atoms with Gasteiger partial charge in [-0.15, -0.1) is 0 Å². The minimum absolute atomic E-state index is 0.0586. The Morgan fingerprint density at radius 1 is 1.33 bits per heavy atom. The van der Waals surface area contributed by atoms with Crippen LogP contribution in [-0.2, 0) is 11.2 Å². The molecule has 0 amide bonds. The Bertz CT molecular complexity index is 468. The van der Waals surface area contributed by atoms with E-state index in [9.17, 15) is 5.11 Å². The van der Waals surface area contributed by atoms with Crippen LogP contribution in [0.4, 0.5) is 0 Å². The summed E-state index contributed by atoms with van der Waals surface area (Å²) in [4.78, 5) is 0. The van der Waals surface area contributed by atoms with Gasteiger partial charge in [0.25, 0.3) is 0 Å². The summed E-state index contributed by atoms with van der Waals surface area (Å²) in [5.74, 6) is 2.77. The van der Waals surface area contributed by atoms with Crippen LogP contribution in [0.15, 0.2) is 28.7 Å². The standard InChI is InChI=1S/C17H23BrO2S/c18-15-4-2-1-3-13(15)11-16(19)14-5-8-20-17(12-14)6-9-21-10-7-17/h1-4,14,16,19H,5-12H2. The van der Waals surface area contributed by atoms with Gasteiger partial charge in [-0.3, -0.25) is 0 Å². The molecular weight excluding hydrogens is 348 g/mol. The Labute approximate surface area is 139 Å². The average Bonchev–Trinajstić information content (AvgIpc) is 2.50. The van der Waals surface area contributed by atoms with Gasteiger partial charge in [0.1, 0.15) is 0 Å². The van der Waals surface area contributed by atoms with Gasteiger partial charge in [-0.2, -0.15) is 11.8 Å². The maximum atomic E-state index is 10.7. The van der Waals surface area contributed by atoms with Gasteiger partial charge in [0, 0.05) is 11.1 Å². The van der Waals surface area contributed by atoms with E-state index >= 15 is 0 Å². The number of aliphatic hydroxyl groups excluding tert-OH is 1. The second-order valence-electron chi connectivity index (χ2n) is 6.26. The van der Waals surface area contributed by atoms with Crippen LogP contribution in [-0.4, -0.2) is 34.9 Å². The van der Waals surface area contributed by atoms with E-state index in [1.807, 2.05) is 30.0 Å². The van der Waals surface area contributed by atoms with Crippen molar-refractivity contribution in [2.24, 2.45) is 5.92 Å². The highest BCUT2D eigenvalue weighted by Gasteiger charge is 2.40. The van der Waals surface area contributed by atoms with Crippen molar-refractivity contribution >= 4 is 27.7 Å². The molecule has 2 saturated heterocycles. The predicted molar refractivity (Wildman–Crippen MR) is 91.8 cm³/mol. The van der Waals surface area contributed by atoms with E-state index < -0.39 is 0 Å². The summed E-state index contributed by atoms with van der Waals surface area (Å²) in [6.45, 7) is 0.808. The normalized spacial score (nSPS) is 26.7. The van der Waals surface area contributed by atoms with Gasteiger partial charge in [0.2, 0.25) is 0 Å². The fourth-order valence-corrected chi connectivity index (χ4v) is 5.23. The maximum absolute atomic E-state index is 10.7. The van der Waals surface area contributed by atoms with Crippen molar-refractivity contribution in [2.45, 2.75) is 43.8 Å². The number of aliphatic hydroxyl groups is 1. The molecule has 21 heavy (non-hydrogen) atoms. The second kappa shape index (κ2) is 7.03. The molecule has 0 bridgehead atoms. The second-order valence-corrected chi connectivity index (χ2v) is 8.34. The lowest BCUT2D eigenvalue weighted by Gasteiger charge is -2.44. The van der Waals surface area contributed by atoms with Gasteiger partial charge >= 0.3 is 0 Å². The number of ether oxygens (including phenoxy) is 1. The van der Waals surface area contributed by atoms with E-state index in [1.165, 1.54) is 17.1 Å². The Morgan fingerprint density at radius 2 is 2.10 bits per heavy atom. The van der Waals surface area contributed by atoms with Crippen LogP contribution in [0.5, 0.6) is 0 Å². The summed E-state index contributed by atoms with van der Waals surface area (Å²) >= 11 is 5.61. The third kappa shape index (κ3) is 3.84. The molecule has 2 unspecified atom stereocenters. The molecule has 2 aliphatic rings. The molecule has 0 radical (unpaired) electrons. The number of benzene rings is 1. The first kappa shape index (κ1) is 15.9. The number of halogens is 1. The van der Waals surface area contributed by atoms with E-state index in [1.54, 1.807) is 0 Å². The zero-order valence-corrected chi connectivity index (χ0v) is 14.7. The minimum Gasteiger partial charge on any atom is -0.392 e. The van der Waals surface area contributed by atoms with Crippen molar-refractivity contribution in [1.82, 2.24) is 0 Å². The smallest absolute Gasteiger partial charge is 0.0701 e. The highest BCUT2D eigenvalue weighted by Crippen LogP contribution is 2.41. The van der Waals surface area contributed by atoms with Gasteiger partial charge < -0.3 is 9.84 Å². The molecule has 2 aliphatic heterocycles. The molecule has 0 saturated carbocycles. The Morgan fingerprint density at radius 3 is 2.86 bits per heavy atom. The molecular formula is C17H23BrO2S. The van der Waals surface area contributed by atoms with Crippen LogP contribution in [0.2, 0.25) is 0 Å². The first-order valence-corrected chi connectivity index (χ1v) is 9.76. The third-order valence-corrected chi connectivity index (χ3v) is 6.63. The molecule has 2 nitrogen and oxygen atoms in total. The van der Waals surface area contributed by atoms with Crippen LogP contribution in [0.1, 0.15) is 31.2 Å². The first-order valence-electron chi connectivity index (χ1n) is 7.82. The van der Waals surface area contributed by atoms with Crippen LogP contribution in [0, 0.1) is 5.92 Å². The molecule has 0 aliphatic carbocycles. The van der Waals surface area contributed by atoms with Crippen LogP contribution in [0.3, 0.4) is 0 Å². The predicted octanol–water partition coefficient (Wildman–Crippen LogP) is 4.04. The molecule has 2 fully saturated rings. The maximum Gasteiger partial charge on any atom is 0.0701 e. The van der Waals surface area contributed by atoms with Crippen molar-refractivity contribution in [3.05, 3.63) is 34.3 Å². The van der Waals surface area contributed by atoms with Gasteiger partial charge in [-0.1, -0.05) is 34.1 Å². The lowest BCUT2D eigenvalue weighted by Crippen LogP contribution is -2.45. The van der Waals surface area contributed by atoms with Gasteiger partial charge in [-0.25, -0.2) is 0 Å². The summed E-state index contributed by atoms with van der Waals surface area (Å²) in [7, 11) is 0. The summed E-state index contributed by atoms with van der Waals surface area (Å²) in [6, 6.07) is 8.20. The number of thioether (sulfide) groups is 1. The van der Waals surface area contributed by atoms with Crippen LogP contribution < -0.4 is 0 Å². The SMILES string of the molecule is OC(Cc1ccccc1Br)C1CCOC2(CCSCC2)C1. The summed E-state index contributed by atoms with van der Waals surface area (Å²) in [6.07, 6.45) is 4.78. The zero-order chi connectivity index (χ0) is 14.7. The largest absolute Gasteiger partial charge is 0.392 e. The highest BCUT2D eigenvalue weighted by molar-refractivity contribution is 9.10. The fraction of sp³-hybridized carbons (Fsp3) is 0.647. The number of hydrogen-bond donors (Lipinski definition) is 1. The number of hydrogen-bond acceptors (Lipinski definition) is 3. The molecule has 1 spiro atoms. The fourth-order valence-electron chi connectivity index (χ4n) is 3.54. The lowest BCUT2D eigenvalue weighted by molar-refractivity contribution is -0.120. The van der Waals surface area contributed by atoms with E-state index in [0.29, 0.717) is 5.92 Å². The molecule has 116 valence electrons. The van der Waals surface area contributed by atoms with Crippen molar-refractivity contribution < 1.29 is 9.84 Å². The van der Waals surface area contributed by atoms with Gasteiger partial charge in [0.05, 0.1) is 11.7 Å². The van der Waals surface area contributed by atoms with Crippen molar-refractivity contribution in [3.8, 4) is 0 Å². The Hall–Kier alpha value is -0.0300. The Balaban J connectivity index is 1.64. The summed E-state index contributed by atoms with van der Waals surface area (Å²) < 4.78 is 7.22. The monoisotopic (exact) mass is 370 g/mol. The summed E-state index contributed by atoms with van der Waals surface area (Å²) in [5.41, 5.74) is 1.26. The van der Waals surface area contributed by atoms with Crippen LogP contribution >= 0.6 is 27.7 Å². The highest BCUT2D eigenvalue weighted by atomic mass is 79.9. The molecule has 1 N–H and O–H groups in total.